The second-order valence-corrected chi connectivity index (χ2v) is 6.63. The molecule has 2 aromatic heterocycles. The maximum absolute atomic E-state index is 13.2. The molecule has 0 aliphatic rings. The third-order valence-electron chi connectivity index (χ3n) is 4.59. The summed E-state index contributed by atoms with van der Waals surface area (Å²) < 4.78 is 50.3. The minimum Gasteiger partial charge on any atom is -0.405 e. The summed E-state index contributed by atoms with van der Waals surface area (Å²) in [5.74, 6) is -0.0783. The molecule has 158 valence electrons. The van der Waals surface area contributed by atoms with Crippen molar-refractivity contribution in [2.45, 2.75) is 33.7 Å². The van der Waals surface area contributed by atoms with Gasteiger partial charge in [0, 0.05) is 24.7 Å². The number of rotatable bonds is 5. The largest absolute Gasteiger partial charge is 0.573 e. The number of aromatic nitrogens is 2. The molecule has 0 aliphatic heterocycles. The van der Waals surface area contributed by atoms with Crippen molar-refractivity contribution in [2.75, 3.05) is 7.05 Å². The molecule has 0 saturated carbocycles. The van der Waals surface area contributed by atoms with Crippen LogP contribution in [0, 0.1) is 13.8 Å². The number of halogens is 3. The molecule has 1 aromatic carbocycles. The minimum absolute atomic E-state index is 0.104. The SMILES string of the molecule is C/C=C\C(Cn1c(=O)ccc2cc(-c3c(C)noc3C)c(OC(F)(F)F)cc21)=NC. The van der Waals surface area contributed by atoms with Crippen LogP contribution in [0.15, 0.2) is 50.7 Å². The first kappa shape index (κ1) is 21.4. The molecular formula is C21H20F3N3O3. The first-order chi connectivity index (χ1) is 14.1. The van der Waals surface area contributed by atoms with Crippen LogP contribution in [0.25, 0.3) is 22.0 Å². The van der Waals surface area contributed by atoms with E-state index >= 15 is 0 Å². The number of fused-ring (bicyclic) bond motifs is 1. The van der Waals surface area contributed by atoms with Crippen molar-refractivity contribution in [1.82, 2.24) is 9.72 Å². The standard InChI is InChI=1S/C21H20F3N3O3/c1-5-6-15(25-4)11-27-17-10-18(29-21(22,23)24)16(9-14(17)7-8-19(27)28)20-12(2)26-30-13(20)3/h5-10H,11H2,1-4H3/b6-5-,25-15?. The maximum Gasteiger partial charge on any atom is 0.573 e. The molecule has 0 amide bonds. The fourth-order valence-corrected chi connectivity index (χ4v) is 3.31. The number of alkyl halides is 3. The highest BCUT2D eigenvalue weighted by Crippen LogP contribution is 2.39. The number of allylic oxidation sites excluding steroid dienone is 2. The van der Waals surface area contributed by atoms with Crippen LogP contribution in [0.4, 0.5) is 13.2 Å². The first-order valence-corrected chi connectivity index (χ1v) is 9.09. The number of hydrogen-bond donors (Lipinski definition) is 0. The van der Waals surface area contributed by atoms with E-state index < -0.39 is 12.1 Å². The smallest absolute Gasteiger partial charge is 0.405 e. The number of benzene rings is 1. The van der Waals surface area contributed by atoms with Gasteiger partial charge in [-0.1, -0.05) is 11.2 Å². The predicted octanol–water partition coefficient (Wildman–Crippen LogP) is 4.82. The van der Waals surface area contributed by atoms with Gasteiger partial charge in [0.2, 0.25) is 0 Å². The van der Waals surface area contributed by atoms with E-state index in [1.165, 1.54) is 22.8 Å². The lowest BCUT2D eigenvalue weighted by Gasteiger charge is -2.17. The Balaban J connectivity index is 2.31. The van der Waals surface area contributed by atoms with Crippen molar-refractivity contribution in [3.05, 3.63) is 58.2 Å². The summed E-state index contributed by atoms with van der Waals surface area (Å²) in [6.07, 6.45) is -1.41. The summed E-state index contributed by atoms with van der Waals surface area (Å²) in [5.41, 5.74) is 1.55. The quantitative estimate of drug-likeness (QED) is 0.556. The van der Waals surface area contributed by atoms with Crippen LogP contribution >= 0.6 is 0 Å². The van der Waals surface area contributed by atoms with Crippen molar-refractivity contribution < 1.29 is 22.4 Å². The summed E-state index contributed by atoms with van der Waals surface area (Å²) in [6.45, 7) is 5.16. The highest BCUT2D eigenvalue weighted by molar-refractivity contribution is 5.96. The molecule has 0 spiro atoms. The molecule has 6 nitrogen and oxygen atoms in total. The zero-order chi connectivity index (χ0) is 22.1. The van der Waals surface area contributed by atoms with E-state index in [4.69, 9.17) is 4.52 Å². The van der Waals surface area contributed by atoms with Crippen molar-refractivity contribution in [3.63, 3.8) is 0 Å². The van der Waals surface area contributed by atoms with Crippen molar-refractivity contribution in [3.8, 4) is 16.9 Å². The zero-order valence-electron chi connectivity index (χ0n) is 16.9. The highest BCUT2D eigenvalue weighted by atomic mass is 19.4. The molecule has 0 N–H and O–H groups in total. The van der Waals surface area contributed by atoms with Crippen LogP contribution < -0.4 is 10.3 Å². The van der Waals surface area contributed by atoms with E-state index in [0.29, 0.717) is 33.6 Å². The third kappa shape index (κ3) is 4.29. The van der Waals surface area contributed by atoms with Gasteiger partial charge in [0.05, 0.1) is 29.0 Å². The second kappa shape index (κ2) is 8.17. The van der Waals surface area contributed by atoms with E-state index in [-0.39, 0.29) is 17.7 Å². The Bertz CT molecular complexity index is 1180. The molecule has 0 bridgehead atoms. The lowest BCUT2D eigenvalue weighted by Crippen LogP contribution is -2.23. The molecule has 0 aliphatic carbocycles. The number of pyridine rings is 1. The van der Waals surface area contributed by atoms with Gasteiger partial charge in [-0.15, -0.1) is 13.2 Å². The average Bonchev–Trinajstić information content (AvgIpc) is 3.00. The Labute approximate surface area is 170 Å². The number of aryl methyl sites for hydroxylation is 2. The fourth-order valence-electron chi connectivity index (χ4n) is 3.31. The summed E-state index contributed by atoms with van der Waals surface area (Å²) in [6, 6.07) is 5.68. The third-order valence-corrected chi connectivity index (χ3v) is 4.59. The Kier molecular flexibility index (Phi) is 5.82. The Morgan fingerprint density at radius 3 is 2.60 bits per heavy atom. The van der Waals surface area contributed by atoms with Gasteiger partial charge in [-0.3, -0.25) is 9.79 Å². The number of hydrogen-bond acceptors (Lipinski definition) is 5. The first-order valence-electron chi connectivity index (χ1n) is 9.09. The van der Waals surface area contributed by atoms with Crippen LogP contribution in [0.2, 0.25) is 0 Å². The second-order valence-electron chi connectivity index (χ2n) is 6.63. The Morgan fingerprint density at radius 2 is 2.03 bits per heavy atom. The van der Waals surface area contributed by atoms with Crippen LogP contribution in [-0.4, -0.2) is 28.8 Å². The van der Waals surface area contributed by atoms with Crippen LogP contribution in [0.5, 0.6) is 5.75 Å². The van der Waals surface area contributed by atoms with E-state index in [1.807, 2.05) is 6.92 Å². The van der Waals surface area contributed by atoms with Crippen LogP contribution in [0.3, 0.4) is 0 Å². The minimum atomic E-state index is -4.91. The van der Waals surface area contributed by atoms with Gasteiger partial charge in [-0.25, -0.2) is 0 Å². The van der Waals surface area contributed by atoms with Gasteiger partial charge in [0.1, 0.15) is 11.5 Å². The predicted molar refractivity (Wildman–Crippen MR) is 108 cm³/mol. The molecule has 0 unspecified atom stereocenters. The molecule has 9 heteroatoms. The lowest BCUT2D eigenvalue weighted by molar-refractivity contribution is -0.274. The van der Waals surface area contributed by atoms with E-state index in [9.17, 15) is 18.0 Å². The van der Waals surface area contributed by atoms with Crippen molar-refractivity contribution >= 4 is 16.6 Å². The topological polar surface area (TPSA) is 69.6 Å². The van der Waals surface area contributed by atoms with Crippen LogP contribution in [-0.2, 0) is 6.54 Å². The van der Waals surface area contributed by atoms with Gasteiger partial charge < -0.3 is 13.8 Å². The fraction of sp³-hybridized carbons (Fsp3) is 0.286. The number of nitrogens with zero attached hydrogens (tertiary/aromatic N) is 3. The Morgan fingerprint density at radius 1 is 1.30 bits per heavy atom. The number of aliphatic imine (C=N–C) groups is 1. The summed E-state index contributed by atoms with van der Waals surface area (Å²) in [5, 5.41) is 4.39. The highest BCUT2D eigenvalue weighted by Gasteiger charge is 2.33. The summed E-state index contributed by atoms with van der Waals surface area (Å²) in [7, 11) is 1.58. The molecule has 0 radical (unpaired) electrons. The molecule has 2 heterocycles. The number of ether oxygens (including phenoxy) is 1. The van der Waals surface area contributed by atoms with E-state index in [1.54, 1.807) is 39.1 Å². The van der Waals surface area contributed by atoms with Gasteiger partial charge in [0.25, 0.3) is 5.56 Å². The monoisotopic (exact) mass is 419 g/mol. The van der Waals surface area contributed by atoms with Crippen molar-refractivity contribution in [1.29, 1.82) is 0 Å². The van der Waals surface area contributed by atoms with E-state index in [2.05, 4.69) is 14.9 Å². The van der Waals surface area contributed by atoms with Gasteiger partial charge in [-0.05, 0) is 44.4 Å². The van der Waals surface area contributed by atoms with Crippen molar-refractivity contribution in [2.24, 2.45) is 4.99 Å². The van der Waals surface area contributed by atoms with E-state index in [0.717, 1.165) is 0 Å². The van der Waals surface area contributed by atoms with Crippen LogP contribution in [0.1, 0.15) is 18.4 Å². The normalized spacial score (nSPS) is 12.8. The van der Waals surface area contributed by atoms with Gasteiger partial charge in [-0.2, -0.15) is 0 Å². The lowest BCUT2D eigenvalue weighted by atomic mass is 10.0. The van der Waals surface area contributed by atoms with Gasteiger partial charge >= 0.3 is 6.36 Å². The molecule has 3 rings (SSSR count). The molecule has 3 aromatic rings. The average molecular weight is 419 g/mol. The summed E-state index contributed by atoms with van der Waals surface area (Å²) >= 11 is 0. The molecule has 0 saturated heterocycles. The molecule has 0 fully saturated rings. The molecule has 0 atom stereocenters. The molecular weight excluding hydrogens is 399 g/mol. The Hall–Kier alpha value is -3.36. The molecule has 30 heavy (non-hydrogen) atoms. The van der Waals surface area contributed by atoms with Gasteiger partial charge in [0.15, 0.2) is 0 Å². The summed E-state index contributed by atoms with van der Waals surface area (Å²) in [4.78, 5) is 16.6. The zero-order valence-corrected chi connectivity index (χ0v) is 16.9. The maximum atomic E-state index is 13.2.